The zero-order valence-electron chi connectivity index (χ0n) is 11.3. The second-order valence-corrected chi connectivity index (χ2v) is 5.07. The van der Waals surface area contributed by atoms with Crippen LogP contribution in [0.2, 0.25) is 0 Å². The number of likely N-dealkylation sites (tertiary alicyclic amines) is 1. The van der Waals surface area contributed by atoms with Crippen molar-refractivity contribution in [1.29, 1.82) is 5.26 Å². The molecule has 0 aromatic heterocycles. The second-order valence-electron chi connectivity index (χ2n) is 5.07. The maximum Gasteiger partial charge on any atom is 0.243 e. The van der Waals surface area contributed by atoms with E-state index in [4.69, 9.17) is 0 Å². The molecule has 0 aromatic carbocycles. The van der Waals surface area contributed by atoms with Gasteiger partial charge in [0, 0.05) is 13.1 Å². The lowest BCUT2D eigenvalue weighted by Gasteiger charge is -2.37. The van der Waals surface area contributed by atoms with Crippen molar-refractivity contribution in [3.63, 3.8) is 0 Å². The summed E-state index contributed by atoms with van der Waals surface area (Å²) in [6.07, 6.45) is 4.66. The highest BCUT2D eigenvalue weighted by molar-refractivity contribution is 5.85. The Balaban J connectivity index is 2.78. The molecule has 1 aliphatic heterocycles. The first-order valence-electron chi connectivity index (χ1n) is 6.84. The molecule has 0 N–H and O–H groups in total. The van der Waals surface area contributed by atoms with Gasteiger partial charge in [-0.15, -0.1) is 0 Å². The average Bonchev–Trinajstić information content (AvgIpc) is 2.41. The highest BCUT2D eigenvalue weighted by atomic mass is 16.2. The van der Waals surface area contributed by atoms with E-state index in [2.05, 4.69) is 13.0 Å². The number of carbonyl (C=O) groups is 1. The van der Waals surface area contributed by atoms with E-state index in [1.165, 1.54) is 6.42 Å². The maximum absolute atomic E-state index is 12.5. The van der Waals surface area contributed by atoms with Gasteiger partial charge in [0.05, 0.1) is 6.07 Å². The van der Waals surface area contributed by atoms with Crippen LogP contribution in [0.3, 0.4) is 0 Å². The number of hydrogen-bond acceptors (Lipinski definition) is 2. The molecule has 96 valence electrons. The number of carbonyl (C=O) groups excluding carboxylic acids is 1. The monoisotopic (exact) mass is 236 g/mol. The van der Waals surface area contributed by atoms with Crippen LogP contribution in [0, 0.1) is 22.7 Å². The van der Waals surface area contributed by atoms with Gasteiger partial charge in [-0.25, -0.2) is 0 Å². The first-order valence-corrected chi connectivity index (χ1v) is 6.84. The quantitative estimate of drug-likeness (QED) is 0.753. The second kappa shape index (κ2) is 6.05. The SMILES string of the molecule is CCC1CCCN(C(=O)C(C#N)(CC)CC)C1. The summed E-state index contributed by atoms with van der Waals surface area (Å²) in [5.74, 6) is 0.681. The lowest BCUT2D eigenvalue weighted by atomic mass is 9.81. The summed E-state index contributed by atoms with van der Waals surface area (Å²) in [5, 5.41) is 9.30. The largest absolute Gasteiger partial charge is 0.341 e. The molecule has 1 saturated heterocycles. The first-order chi connectivity index (χ1) is 8.13. The number of nitrogens with zero attached hydrogens (tertiary/aromatic N) is 2. The Morgan fingerprint density at radius 3 is 2.53 bits per heavy atom. The Hall–Kier alpha value is -1.04. The Labute approximate surface area is 105 Å². The van der Waals surface area contributed by atoms with Crippen molar-refractivity contribution in [1.82, 2.24) is 4.90 Å². The van der Waals surface area contributed by atoms with Crippen molar-refractivity contribution >= 4 is 5.91 Å². The van der Waals surface area contributed by atoms with Gasteiger partial charge in [0.1, 0.15) is 5.41 Å². The van der Waals surface area contributed by atoms with Crippen LogP contribution in [0.1, 0.15) is 52.9 Å². The van der Waals surface area contributed by atoms with E-state index >= 15 is 0 Å². The highest BCUT2D eigenvalue weighted by Crippen LogP contribution is 2.30. The minimum absolute atomic E-state index is 0.0585. The molecular weight excluding hydrogens is 212 g/mol. The molecule has 0 spiro atoms. The Morgan fingerprint density at radius 1 is 1.41 bits per heavy atom. The molecular formula is C14H24N2O. The van der Waals surface area contributed by atoms with Crippen LogP contribution in [0.15, 0.2) is 0 Å². The molecule has 1 amide bonds. The normalized spacial score (nSPS) is 21.1. The van der Waals surface area contributed by atoms with Crippen LogP contribution in [-0.2, 0) is 4.79 Å². The Bertz CT molecular complexity index is 302. The summed E-state index contributed by atoms with van der Waals surface area (Å²) in [4.78, 5) is 14.4. The standard InChI is InChI=1S/C14H24N2O/c1-4-12-8-7-9-16(10-12)13(17)14(5-2,6-3)11-15/h12H,4-10H2,1-3H3. The predicted molar refractivity (Wildman–Crippen MR) is 68.2 cm³/mol. The van der Waals surface area contributed by atoms with Gasteiger partial charge in [0.15, 0.2) is 0 Å². The van der Waals surface area contributed by atoms with Crippen molar-refractivity contribution in [2.45, 2.75) is 52.9 Å². The zero-order chi connectivity index (χ0) is 12.9. The number of amides is 1. The Kier molecular flexibility index (Phi) is 4.99. The average molecular weight is 236 g/mol. The third-order valence-corrected chi connectivity index (χ3v) is 4.21. The van der Waals surface area contributed by atoms with E-state index in [1.54, 1.807) is 0 Å². The molecule has 0 saturated carbocycles. The molecule has 1 heterocycles. The Morgan fingerprint density at radius 2 is 2.06 bits per heavy atom. The van der Waals surface area contributed by atoms with Crippen LogP contribution in [0.4, 0.5) is 0 Å². The fourth-order valence-electron chi connectivity index (χ4n) is 2.64. The summed E-state index contributed by atoms with van der Waals surface area (Å²) >= 11 is 0. The molecule has 3 nitrogen and oxygen atoms in total. The fraction of sp³-hybridized carbons (Fsp3) is 0.857. The molecule has 17 heavy (non-hydrogen) atoms. The van der Waals surface area contributed by atoms with Gasteiger partial charge in [0.25, 0.3) is 0 Å². The van der Waals surface area contributed by atoms with E-state index in [9.17, 15) is 10.1 Å². The van der Waals surface area contributed by atoms with E-state index in [1.807, 2.05) is 18.7 Å². The van der Waals surface area contributed by atoms with Crippen molar-refractivity contribution in [3.8, 4) is 6.07 Å². The summed E-state index contributed by atoms with van der Waals surface area (Å²) in [7, 11) is 0. The molecule has 1 fully saturated rings. The molecule has 1 aliphatic rings. The summed E-state index contributed by atoms with van der Waals surface area (Å²) in [6, 6.07) is 2.25. The van der Waals surface area contributed by atoms with E-state index in [0.717, 1.165) is 25.9 Å². The van der Waals surface area contributed by atoms with Crippen LogP contribution in [0.5, 0.6) is 0 Å². The van der Waals surface area contributed by atoms with E-state index in [0.29, 0.717) is 18.8 Å². The third-order valence-electron chi connectivity index (χ3n) is 4.21. The third kappa shape index (κ3) is 2.80. The van der Waals surface area contributed by atoms with Gasteiger partial charge in [0.2, 0.25) is 5.91 Å². The maximum atomic E-state index is 12.5. The first kappa shape index (κ1) is 14.0. The van der Waals surface area contributed by atoms with Crippen LogP contribution in [-0.4, -0.2) is 23.9 Å². The molecule has 0 bridgehead atoms. The number of piperidine rings is 1. The number of rotatable bonds is 4. The molecule has 1 unspecified atom stereocenters. The van der Waals surface area contributed by atoms with Gasteiger partial charge < -0.3 is 4.90 Å². The topological polar surface area (TPSA) is 44.1 Å². The smallest absolute Gasteiger partial charge is 0.243 e. The molecule has 1 rings (SSSR count). The van der Waals surface area contributed by atoms with E-state index in [-0.39, 0.29) is 5.91 Å². The lowest BCUT2D eigenvalue weighted by molar-refractivity contribution is -0.141. The molecule has 1 atom stereocenters. The lowest BCUT2D eigenvalue weighted by Crippen LogP contribution is -2.47. The minimum Gasteiger partial charge on any atom is -0.341 e. The summed E-state index contributed by atoms with van der Waals surface area (Å²) in [5.41, 5.74) is -0.782. The van der Waals surface area contributed by atoms with Crippen molar-refractivity contribution < 1.29 is 4.79 Å². The highest BCUT2D eigenvalue weighted by Gasteiger charge is 2.39. The molecule has 3 heteroatoms. The van der Waals surface area contributed by atoms with Gasteiger partial charge in [-0.1, -0.05) is 27.2 Å². The predicted octanol–water partition coefficient (Wildman–Crippen LogP) is 2.96. The van der Waals surface area contributed by atoms with Gasteiger partial charge in [-0.05, 0) is 31.6 Å². The molecule has 0 aliphatic carbocycles. The molecule has 0 aromatic rings. The van der Waals surface area contributed by atoms with E-state index < -0.39 is 5.41 Å². The van der Waals surface area contributed by atoms with Crippen molar-refractivity contribution in [3.05, 3.63) is 0 Å². The van der Waals surface area contributed by atoms with Gasteiger partial charge >= 0.3 is 0 Å². The zero-order valence-corrected chi connectivity index (χ0v) is 11.3. The van der Waals surface area contributed by atoms with Crippen LogP contribution in [0.25, 0.3) is 0 Å². The summed E-state index contributed by atoms with van der Waals surface area (Å²) < 4.78 is 0. The van der Waals surface area contributed by atoms with Crippen molar-refractivity contribution in [2.24, 2.45) is 11.3 Å². The van der Waals surface area contributed by atoms with Crippen molar-refractivity contribution in [2.75, 3.05) is 13.1 Å². The number of hydrogen-bond donors (Lipinski definition) is 0. The fourth-order valence-corrected chi connectivity index (χ4v) is 2.64. The summed E-state index contributed by atoms with van der Waals surface area (Å²) in [6.45, 7) is 7.73. The van der Waals surface area contributed by atoms with Crippen LogP contribution >= 0.6 is 0 Å². The minimum atomic E-state index is -0.782. The molecule has 0 radical (unpaired) electrons. The van der Waals surface area contributed by atoms with Gasteiger partial charge in [-0.3, -0.25) is 4.79 Å². The van der Waals surface area contributed by atoms with Gasteiger partial charge in [-0.2, -0.15) is 5.26 Å². The number of nitriles is 1. The van der Waals surface area contributed by atoms with Crippen LogP contribution < -0.4 is 0 Å².